The highest BCUT2D eigenvalue weighted by Gasteiger charge is 2.21. The van der Waals surface area contributed by atoms with Crippen molar-refractivity contribution in [3.63, 3.8) is 0 Å². The maximum atomic E-state index is 14.5. The number of amides is 1. The van der Waals surface area contributed by atoms with Crippen molar-refractivity contribution in [2.24, 2.45) is 0 Å². The number of thioether (sulfide) groups is 1. The maximum absolute atomic E-state index is 14.5. The highest BCUT2D eigenvalue weighted by atomic mass is 32.2. The molecular weight excluding hydrogens is 457 g/mol. The number of Topliss-reactive ketones (excluding diaryl/α,β-unsaturated/α-hetero) is 1. The molecule has 1 unspecified atom stereocenters. The number of nitrogens with one attached hydrogen (secondary N) is 1. The van der Waals surface area contributed by atoms with Gasteiger partial charge in [0.15, 0.2) is 5.78 Å². The van der Waals surface area contributed by atoms with E-state index >= 15 is 0 Å². The Hall–Kier alpha value is -2.92. The lowest BCUT2D eigenvalue weighted by Crippen LogP contribution is -2.41. The van der Waals surface area contributed by atoms with Crippen LogP contribution in [0.25, 0.3) is 0 Å². The van der Waals surface area contributed by atoms with Crippen molar-refractivity contribution in [1.82, 2.24) is 5.32 Å². The molecular formula is C30H34FNO2S. The molecule has 1 amide bonds. The minimum Gasteiger partial charge on any atom is -0.342 e. The Balaban J connectivity index is 1.57. The summed E-state index contributed by atoms with van der Waals surface area (Å²) in [5.74, 6) is 1.36. The van der Waals surface area contributed by atoms with Crippen LogP contribution < -0.4 is 5.32 Å². The highest BCUT2D eigenvalue weighted by molar-refractivity contribution is 7.99. The fourth-order valence-electron chi connectivity index (χ4n) is 3.84. The van der Waals surface area contributed by atoms with Gasteiger partial charge in [-0.1, -0.05) is 74.5 Å². The molecule has 35 heavy (non-hydrogen) atoms. The third-order valence-corrected chi connectivity index (χ3v) is 7.06. The van der Waals surface area contributed by atoms with Gasteiger partial charge in [-0.3, -0.25) is 9.59 Å². The molecule has 0 aliphatic heterocycles. The van der Waals surface area contributed by atoms with Gasteiger partial charge < -0.3 is 5.32 Å². The molecule has 0 spiro atoms. The van der Waals surface area contributed by atoms with Crippen molar-refractivity contribution in [3.05, 3.63) is 107 Å². The third-order valence-electron chi connectivity index (χ3n) is 6.04. The second kappa shape index (κ2) is 13.8. The summed E-state index contributed by atoms with van der Waals surface area (Å²) in [6.07, 6.45) is 2.02. The lowest BCUT2D eigenvalue weighted by Gasteiger charge is -2.18. The van der Waals surface area contributed by atoms with E-state index < -0.39 is 6.04 Å². The van der Waals surface area contributed by atoms with Gasteiger partial charge in [0, 0.05) is 12.0 Å². The smallest absolute Gasteiger partial charge is 0.251 e. The minimum atomic E-state index is -0.593. The van der Waals surface area contributed by atoms with Crippen molar-refractivity contribution in [2.45, 2.75) is 51.5 Å². The summed E-state index contributed by atoms with van der Waals surface area (Å²) in [5.41, 5.74) is 3.29. The molecule has 0 bridgehead atoms. The number of carbonyl (C=O) groups excluding carboxylic acids is 2. The van der Waals surface area contributed by atoms with E-state index in [4.69, 9.17) is 0 Å². The monoisotopic (exact) mass is 491 g/mol. The van der Waals surface area contributed by atoms with Gasteiger partial charge in [-0.2, -0.15) is 11.8 Å². The van der Waals surface area contributed by atoms with Gasteiger partial charge >= 0.3 is 0 Å². The Labute approximate surface area is 212 Å². The first kappa shape index (κ1) is 26.7. The summed E-state index contributed by atoms with van der Waals surface area (Å²) < 4.78 is 14.5. The molecule has 0 aromatic heterocycles. The second-order valence-electron chi connectivity index (χ2n) is 9.00. The summed E-state index contributed by atoms with van der Waals surface area (Å²) in [7, 11) is 0. The molecule has 0 aliphatic carbocycles. The largest absolute Gasteiger partial charge is 0.342 e. The van der Waals surface area contributed by atoms with Crippen LogP contribution in [-0.4, -0.2) is 29.2 Å². The molecule has 3 rings (SSSR count). The lowest BCUT2D eigenvalue weighted by atomic mass is 9.97. The first-order valence-electron chi connectivity index (χ1n) is 12.2. The molecule has 0 fully saturated rings. The summed E-state index contributed by atoms with van der Waals surface area (Å²) in [6, 6.07) is 23.9. The van der Waals surface area contributed by atoms with Crippen molar-refractivity contribution in [2.75, 3.05) is 11.5 Å². The van der Waals surface area contributed by atoms with Gasteiger partial charge in [0.25, 0.3) is 5.91 Å². The van der Waals surface area contributed by atoms with Gasteiger partial charge in [-0.05, 0) is 71.6 Å². The van der Waals surface area contributed by atoms with Gasteiger partial charge in [0.05, 0.1) is 6.04 Å². The van der Waals surface area contributed by atoms with Crippen LogP contribution in [0.3, 0.4) is 0 Å². The van der Waals surface area contributed by atoms with Gasteiger partial charge in [-0.15, -0.1) is 0 Å². The Morgan fingerprint density at radius 1 is 0.886 bits per heavy atom. The van der Waals surface area contributed by atoms with E-state index in [0.29, 0.717) is 24.0 Å². The zero-order chi connectivity index (χ0) is 25.0. The van der Waals surface area contributed by atoms with E-state index in [2.05, 4.69) is 17.4 Å². The van der Waals surface area contributed by atoms with Crippen LogP contribution >= 0.6 is 11.8 Å². The number of halogens is 1. The van der Waals surface area contributed by atoms with E-state index in [1.54, 1.807) is 48.2 Å². The molecule has 1 N–H and O–H groups in total. The first-order valence-corrected chi connectivity index (χ1v) is 13.4. The fraction of sp³-hybridized carbons (Fsp3) is 0.333. The average molecular weight is 492 g/mol. The number of hydrogen-bond acceptors (Lipinski definition) is 3. The number of carbonyl (C=O) groups is 2. The Bertz CT molecular complexity index is 1090. The number of rotatable bonds is 13. The normalized spacial score (nSPS) is 11.9. The highest BCUT2D eigenvalue weighted by Crippen LogP contribution is 2.20. The molecule has 1 atom stereocenters. The molecule has 3 aromatic rings. The molecule has 184 valence electrons. The second-order valence-corrected chi connectivity index (χ2v) is 10.2. The van der Waals surface area contributed by atoms with Crippen molar-refractivity contribution < 1.29 is 14.0 Å². The summed E-state index contributed by atoms with van der Waals surface area (Å²) in [5, 5.41) is 2.92. The Morgan fingerprint density at radius 2 is 1.57 bits per heavy atom. The maximum Gasteiger partial charge on any atom is 0.251 e. The predicted octanol–water partition coefficient (Wildman–Crippen LogP) is 6.62. The van der Waals surface area contributed by atoms with Crippen molar-refractivity contribution in [3.8, 4) is 0 Å². The Kier molecular flexibility index (Phi) is 10.5. The summed E-state index contributed by atoms with van der Waals surface area (Å²) >= 11 is 1.77. The lowest BCUT2D eigenvalue weighted by molar-refractivity contribution is -0.120. The molecule has 0 heterocycles. The SMILES string of the molecule is CC(C)c1ccc(CCC(=O)C(CCSCCc2ccccc2)NC(=O)c2ccccc2)c(F)c1. The number of ketones is 1. The molecule has 5 heteroatoms. The molecule has 3 nitrogen and oxygen atoms in total. The molecule has 0 aliphatic rings. The average Bonchev–Trinajstić information content (AvgIpc) is 2.87. The van der Waals surface area contributed by atoms with Crippen LogP contribution in [0.2, 0.25) is 0 Å². The third kappa shape index (κ3) is 8.66. The molecule has 3 aromatic carbocycles. The van der Waals surface area contributed by atoms with Crippen LogP contribution in [0, 0.1) is 5.82 Å². The number of hydrogen-bond donors (Lipinski definition) is 1. The van der Waals surface area contributed by atoms with Crippen molar-refractivity contribution in [1.29, 1.82) is 0 Å². The number of aryl methyl sites for hydroxylation is 2. The zero-order valence-electron chi connectivity index (χ0n) is 20.5. The molecule has 0 saturated carbocycles. The van der Waals surface area contributed by atoms with Crippen molar-refractivity contribution >= 4 is 23.5 Å². The van der Waals surface area contributed by atoms with E-state index in [1.165, 1.54) is 5.56 Å². The quantitative estimate of drug-likeness (QED) is 0.274. The Morgan fingerprint density at radius 3 is 2.23 bits per heavy atom. The topological polar surface area (TPSA) is 46.2 Å². The standard InChI is InChI=1S/C30H34FNO2S/c1-22(2)26-14-13-24(27(31)21-26)15-16-29(33)28(32-30(34)25-11-7-4-8-12-25)18-20-35-19-17-23-9-5-3-6-10-23/h3-14,21-22,28H,15-20H2,1-2H3,(H,32,34). The van der Waals surface area contributed by atoms with E-state index in [9.17, 15) is 14.0 Å². The van der Waals surface area contributed by atoms with Crippen LogP contribution in [0.5, 0.6) is 0 Å². The summed E-state index contributed by atoms with van der Waals surface area (Å²) in [6.45, 7) is 4.05. The van der Waals surface area contributed by atoms with E-state index in [1.807, 2.05) is 44.2 Å². The fourth-order valence-corrected chi connectivity index (χ4v) is 4.83. The van der Waals surface area contributed by atoms with Crippen LogP contribution in [0.15, 0.2) is 78.9 Å². The van der Waals surface area contributed by atoms with E-state index in [-0.39, 0.29) is 29.8 Å². The summed E-state index contributed by atoms with van der Waals surface area (Å²) in [4.78, 5) is 25.8. The predicted molar refractivity (Wildman–Crippen MR) is 144 cm³/mol. The molecule has 0 saturated heterocycles. The van der Waals surface area contributed by atoms with Gasteiger partial charge in [0.2, 0.25) is 0 Å². The van der Waals surface area contributed by atoms with Gasteiger partial charge in [0.1, 0.15) is 5.82 Å². The van der Waals surface area contributed by atoms with Crippen LogP contribution in [-0.2, 0) is 17.6 Å². The molecule has 0 radical (unpaired) electrons. The minimum absolute atomic E-state index is 0.0646. The first-order chi connectivity index (χ1) is 16.9. The number of benzene rings is 3. The van der Waals surface area contributed by atoms with Gasteiger partial charge in [-0.25, -0.2) is 4.39 Å². The zero-order valence-corrected chi connectivity index (χ0v) is 21.3. The van der Waals surface area contributed by atoms with E-state index in [0.717, 1.165) is 23.5 Å². The van der Waals surface area contributed by atoms with Crippen LogP contribution in [0.4, 0.5) is 4.39 Å². The van der Waals surface area contributed by atoms with Crippen LogP contribution in [0.1, 0.15) is 59.7 Å².